The zero-order chi connectivity index (χ0) is 11.5. The Kier molecular flexibility index (Phi) is 2.95. The molecule has 0 saturated carbocycles. The van der Waals surface area contributed by atoms with E-state index in [1.165, 1.54) is 5.56 Å². The molecule has 0 radical (unpaired) electrons. The fraction of sp³-hybridized carbons (Fsp3) is 0.308. The van der Waals surface area contributed by atoms with Gasteiger partial charge in [-0.25, -0.2) is 0 Å². The first-order valence-electron chi connectivity index (χ1n) is 5.40. The second kappa shape index (κ2) is 4.39. The van der Waals surface area contributed by atoms with E-state index in [0.717, 1.165) is 0 Å². The highest BCUT2D eigenvalue weighted by atomic mass is 16.5. The summed E-state index contributed by atoms with van der Waals surface area (Å²) in [4.78, 5) is 1.95. The molecule has 0 amide bonds. The van der Waals surface area contributed by atoms with Crippen molar-refractivity contribution in [2.75, 3.05) is 13.7 Å². The smallest absolute Gasteiger partial charge is 0.163 e. The molecule has 2 rings (SSSR count). The van der Waals surface area contributed by atoms with Crippen molar-refractivity contribution < 1.29 is 4.74 Å². The van der Waals surface area contributed by atoms with Gasteiger partial charge in [0, 0.05) is 7.05 Å². The summed E-state index contributed by atoms with van der Waals surface area (Å²) in [5.41, 5.74) is 1.19. The maximum absolute atomic E-state index is 7.96. The number of rotatable bonds is 1. The lowest BCUT2D eigenvalue weighted by atomic mass is 10.0. The van der Waals surface area contributed by atoms with Crippen molar-refractivity contribution >= 4 is 5.84 Å². The van der Waals surface area contributed by atoms with Crippen molar-refractivity contribution in [2.24, 2.45) is 0 Å². The third kappa shape index (κ3) is 1.81. The number of likely N-dealkylation sites (N-methyl/N-ethyl adjacent to an activating group) is 1. The van der Waals surface area contributed by atoms with Crippen LogP contribution in [0.2, 0.25) is 0 Å². The lowest BCUT2D eigenvalue weighted by molar-refractivity contribution is 0.126. The minimum atomic E-state index is 0.136. The van der Waals surface area contributed by atoms with E-state index in [9.17, 15) is 0 Å². The van der Waals surface area contributed by atoms with Crippen LogP contribution in [0, 0.1) is 5.41 Å². The number of allylic oxidation sites excluding steroid dienone is 1. The zero-order valence-electron chi connectivity index (χ0n) is 9.60. The molecule has 0 aliphatic carbocycles. The lowest BCUT2D eigenvalue weighted by Crippen LogP contribution is -2.39. The van der Waals surface area contributed by atoms with Gasteiger partial charge in [0.15, 0.2) is 11.6 Å². The Bertz CT molecular complexity index is 411. The monoisotopic (exact) mass is 216 g/mol. The molecule has 1 atom stereocenters. The average molecular weight is 216 g/mol. The molecular weight excluding hydrogens is 200 g/mol. The van der Waals surface area contributed by atoms with Crippen LogP contribution in [0.1, 0.15) is 18.5 Å². The molecule has 0 bridgehead atoms. The zero-order valence-corrected chi connectivity index (χ0v) is 9.60. The predicted octanol–water partition coefficient (Wildman–Crippen LogP) is 2.57. The Morgan fingerprint density at radius 2 is 2.06 bits per heavy atom. The Hall–Kier alpha value is -1.77. The molecule has 1 N–H and O–H groups in total. The van der Waals surface area contributed by atoms with Crippen LogP contribution in [-0.2, 0) is 4.74 Å². The lowest BCUT2D eigenvalue weighted by Gasteiger charge is -2.36. The molecule has 1 aliphatic heterocycles. The van der Waals surface area contributed by atoms with E-state index in [1.54, 1.807) is 0 Å². The van der Waals surface area contributed by atoms with E-state index < -0.39 is 0 Å². The van der Waals surface area contributed by atoms with E-state index in [4.69, 9.17) is 10.1 Å². The number of amidine groups is 1. The maximum Gasteiger partial charge on any atom is 0.163 e. The van der Waals surface area contributed by atoms with Gasteiger partial charge in [0.2, 0.25) is 0 Å². The molecule has 1 fully saturated rings. The summed E-state index contributed by atoms with van der Waals surface area (Å²) in [5.74, 6) is 1.11. The quantitative estimate of drug-likeness (QED) is 0.783. The van der Waals surface area contributed by atoms with Gasteiger partial charge in [-0.1, -0.05) is 30.3 Å². The molecule has 1 heterocycles. The standard InChI is InChI=1S/C13H16N2O/c1-3-12-13(14)15(2)11(9-16-12)10-7-5-4-6-8-10/h3-8,11,14H,9H2,1-2H3/b12-3+,14-13?. The second-order valence-corrected chi connectivity index (χ2v) is 3.85. The number of hydrogen-bond donors (Lipinski definition) is 1. The molecular formula is C13H16N2O. The van der Waals surface area contributed by atoms with Crippen molar-refractivity contribution in [1.29, 1.82) is 5.41 Å². The summed E-state index contributed by atoms with van der Waals surface area (Å²) in [6, 6.07) is 10.3. The molecule has 84 valence electrons. The Labute approximate surface area is 95.8 Å². The minimum absolute atomic E-state index is 0.136. The number of ether oxygens (including phenoxy) is 1. The van der Waals surface area contributed by atoms with Crippen LogP contribution >= 0.6 is 0 Å². The van der Waals surface area contributed by atoms with Crippen molar-refractivity contribution in [2.45, 2.75) is 13.0 Å². The van der Waals surface area contributed by atoms with Gasteiger partial charge in [-0.15, -0.1) is 0 Å². The summed E-state index contributed by atoms with van der Waals surface area (Å²) < 4.78 is 5.57. The van der Waals surface area contributed by atoms with Crippen molar-refractivity contribution in [3.8, 4) is 0 Å². The molecule has 1 aliphatic rings. The average Bonchev–Trinajstić information content (AvgIpc) is 2.34. The molecule has 1 saturated heterocycles. The summed E-state index contributed by atoms with van der Waals surface area (Å²) in [5, 5.41) is 7.96. The largest absolute Gasteiger partial charge is 0.488 e. The fourth-order valence-corrected chi connectivity index (χ4v) is 1.89. The van der Waals surface area contributed by atoms with E-state index in [2.05, 4.69) is 12.1 Å². The number of nitrogens with one attached hydrogen (secondary N) is 1. The number of nitrogens with zero attached hydrogens (tertiary/aromatic N) is 1. The van der Waals surface area contributed by atoms with Gasteiger partial charge in [0.05, 0.1) is 6.04 Å². The first-order chi connectivity index (χ1) is 7.74. The number of benzene rings is 1. The van der Waals surface area contributed by atoms with Crippen molar-refractivity contribution in [3.63, 3.8) is 0 Å². The summed E-state index contributed by atoms with van der Waals surface area (Å²) in [6.45, 7) is 2.49. The van der Waals surface area contributed by atoms with Crippen molar-refractivity contribution in [1.82, 2.24) is 4.90 Å². The first-order valence-corrected chi connectivity index (χ1v) is 5.40. The molecule has 1 unspecified atom stereocenters. The summed E-state index contributed by atoms with van der Waals surface area (Å²) >= 11 is 0. The van der Waals surface area contributed by atoms with E-state index in [-0.39, 0.29) is 6.04 Å². The van der Waals surface area contributed by atoms with Gasteiger partial charge in [-0.05, 0) is 18.6 Å². The first kappa shape index (κ1) is 10.7. The molecule has 1 aromatic carbocycles. The molecule has 3 nitrogen and oxygen atoms in total. The van der Waals surface area contributed by atoms with Gasteiger partial charge in [0.1, 0.15) is 6.61 Å². The number of morpholine rings is 1. The third-order valence-corrected chi connectivity index (χ3v) is 2.90. The number of hydrogen-bond acceptors (Lipinski definition) is 2. The van der Waals surface area contributed by atoms with Gasteiger partial charge < -0.3 is 9.64 Å². The minimum Gasteiger partial charge on any atom is -0.488 e. The molecule has 3 heteroatoms. The molecule has 0 aromatic heterocycles. The normalized spacial score (nSPS) is 23.4. The van der Waals surface area contributed by atoms with Gasteiger partial charge >= 0.3 is 0 Å². The van der Waals surface area contributed by atoms with Gasteiger partial charge in [0.25, 0.3) is 0 Å². The highest BCUT2D eigenvalue weighted by molar-refractivity contribution is 5.94. The molecule has 16 heavy (non-hydrogen) atoms. The Morgan fingerprint density at radius 3 is 2.69 bits per heavy atom. The highest BCUT2D eigenvalue weighted by Gasteiger charge is 2.27. The van der Waals surface area contributed by atoms with E-state index in [1.807, 2.05) is 43.1 Å². The van der Waals surface area contributed by atoms with Crippen LogP contribution in [0.15, 0.2) is 42.2 Å². The highest BCUT2D eigenvalue weighted by Crippen LogP contribution is 2.26. The van der Waals surface area contributed by atoms with E-state index in [0.29, 0.717) is 18.2 Å². The fourth-order valence-electron chi connectivity index (χ4n) is 1.89. The van der Waals surface area contributed by atoms with Crippen molar-refractivity contribution in [3.05, 3.63) is 47.7 Å². The Morgan fingerprint density at radius 1 is 1.38 bits per heavy atom. The SMILES string of the molecule is C/C=C1/OCC(c2ccccc2)N(C)C1=N. The van der Waals surface area contributed by atoms with Crippen LogP contribution in [0.25, 0.3) is 0 Å². The van der Waals surface area contributed by atoms with Crippen LogP contribution in [-0.4, -0.2) is 24.4 Å². The molecule has 0 spiro atoms. The van der Waals surface area contributed by atoms with E-state index >= 15 is 0 Å². The maximum atomic E-state index is 7.96. The Balaban J connectivity index is 2.24. The predicted molar refractivity (Wildman–Crippen MR) is 64.4 cm³/mol. The topological polar surface area (TPSA) is 36.3 Å². The van der Waals surface area contributed by atoms with Crippen LogP contribution in [0.5, 0.6) is 0 Å². The third-order valence-electron chi connectivity index (χ3n) is 2.90. The molecule has 1 aromatic rings. The summed E-state index contributed by atoms with van der Waals surface area (Å²) in [6.07, 6.45) is 1.83. The van der Waals surface area contributed by atoms with Crippen LogP contribution in [0.4, 0.5) is 0 Å². The van der Waals surface area contributed by atoms with Gasteiger partial charge in [-0.2, -0.15) is 0 Å². The van der Waals surface area contributed by atoms with Gasteiger partial charge in [-0.3, -0.25) is 5.41 Å². The summed E-state index contributed by atoms with van der Waals surface area (Å²) in [7, 11) is 1.94. The van der Waals surface area contributed by atoms with Crippen LogP contribution in [0.3, 0.4) is 0 Å². The second-order valence-electron chi connectivity index (χ2n) is 3.85. The van der Waals surface area contributed by atoms with Crippen LogP contribution < -0.4 is 0 Å².